The molecule has 2 aromatic heterocycles. The molecule has 0 bridgehead atoms. The monoisotopic (exact) mass is 535 g/mol. The van der Waals surface area contributed by atoms with Crippen LogP contribution in [-0.4, -0.2) is 45.6 Å². The minimum absolute atomic E-state index is 0.144. The van der Waals surface area contributed by atoms with Gasteiger partial charge in [-0.25, -0.2) is 4.98 Å². The van der Waals surface area contributed by atoms with E-state index in [1.54, 1.807) is 17.6 Å². The number of hydrogen-bond acceptors (Lipinski definition) is 6. The van der Waals surface area contributed by atoms with Gasteiger partial charge in [0.1, 0.15) is 11.8 Å². The Balaban J connectivity index is 1.51. The first-order chi connectivity index (χ1) is 19.4. The zero-order valence-corrected chi connectivity index (χ0v) is 22.3. The van der Waals surface area contributed by atoms with Crippen LogP contribution in [0.15, 0.2) is 71.8 Å². The number of ether oxygens (including phenoxy) is 1. The fourth-order valence-corrected chi connectivity index (χ4v) is 4.79. The highest BCUT2D eigenvalue weighted by molar-refractivity contribution is 5.93. The van der Waals surface area contributed by atoms with Crippen LogP contribution < -0.4 is 16.2 Å². The summed E-state index contributed by atoms with van der Waals surface area (Å²) in [4.78, 5) is 47.6. The van der Waals surface area contributed by atoms with Gasteiger partial charge in [0, 0.05) is 35.9 Å². The molecule has 40 heavy (non-hydrogen) atoms. The van der Waals surface area contributed by atoms with Crippen molar-refractivity contribution in [2.75, 3.05) is 13.2 Å². The van der Waals surface area contributed by atoms with Crippen molar-refractivity contribution in [1.29, 1.82) is 0 Å². The number of amides is 2. The Morgan fingerprint density at radius 2 is 1.93 bits per heavy atom. The molecule has 0 saturated carbocycles. The molecule has 202 valence electrons. The molecule has 2 N–H and O–H groups in total. The van der Waals surface area contributed by atoms with E-state index < -0.39 is 12.1 Å². The first-order valence-corrected chi connectivity index (χ1v) is 13.1. The number of nitrogens with zero attached hydrogens (tertiary/aromatic N) is 3. The number of carbonyl (C=O) groups is 2. The summed E-state index contributed by atoms with van der Waals surface area (Å²) < 4.78 is 7.01. The maximum Gasteiger partial charge on any atom is 0.272 e. The molecule has 4 aromatic rings. The molecule has 1 fully saturated rings. The lowest BCUT2D eigenvalue weighted by atomic mass is 10.0. The quantitative estimate of drug-likeness (QED) is 0.367. The summed E-state index contributed by atoms with van der Waals surface area (Å²) in [5.41, 5.74) is 2.30. The number of hydrogen-bond donors (Lipinski definition) is 2. The Hall–Kier alpha value is -4.81. The van der Waals surface area contributed by atoms with E-state index in [-0.39, 0.29) is 29.6 Å². The Morgan fingerprint density at radius 1 is 1.12 bits per heavy atom. The maximum atomic E-state index is 14.1. The summed E-state index contributed by atoms with van der Waals surface area (Å²) in [7, 11) is 0. The third-order valence-corrected chi connectivity index (χ3v) is 6.77. The molecule has 5 rings (SSSR count). The van der Waals surface area contributed by atoms with E-state index >= 15 is 0 Å². The van der Waals surface area contributed by atoms with Gasteiger partial charge in [-0.2, -0.15) is 0 Å². The van der Waals surface area contributed by atoms with E-state index in [0.717, 1.165) is 6.42 Å². The van der Waals surface area contributed by atoms with Crippen LogP contribution in [0.4, 0.5) is 0 Å². The lowest BCUT2D eigenvalue weighted by Crippen LogP contribution is -2.34. The van der Waals surface area contributed by atoms with Crippen molar-refractivity contribution in [1.82, 2.24) is 25.2 Å². The van der Waals surface area contributed by atoms with Crippen molar-refractivity contribution < 1.29 is 14.3 Å². The zero-order chi connectivity index (χ0) is 28.1. The highest BCUT2D eigenvalue weighted by atomic mass is 16.5. The third-order valence-electron chi connectivity index (χ3n) is 6.77. The first kappa shape index (κ1) is 26.8. The van der Waals surface area contributed by atoms with Gasteiger partial charge in [0.15, 0.2) is 0 Å². The van der Waals surface area contributed by atoms with Crippen LogP contribution in [0.2, 0.25) is 0 Å². The van der Waals surface area contributed by atoms with E-state index in [4.69, 9.17) is 4.74 Å². The number of rotatable bonds is 6. The number of aromatic nitrogens is 3. The molecule has 1 aliphatic rings. The standard InChI is InChI=1S/C31H29N5O4/c1-20(35-30(38)28-21(2)32-16-17-33-28)25-19-23-10-6-9-22(11-7-15-34-29(37)26-14-8-18-40-26)27(23)31(39)36(25)24-12-4-3-5-13-24/h3-6,9-10,12-13,16-17,19-20,26H,8,14-15,18H2,1-2H3,(H,34,37)(H,35,38)/t20-,26+/m0/s1. The van der Waals surface area contributed by atoms with E-state index in [1.807, 2.05) is 55.5 Å². The molecule has 0 radical (unpaired) electrons. The summed E-state index contributed by atoms with van der Waals surface area (Å²) in [6, 6.07) is 16.1. The van der Waals surface area contributed by atoms with Crippen LogP contribution >= 0.6 is 0 Å². The molecule has 0 aliphatic carbocycles. The summed E-state index contributed by atoms with van der Waals surface area (Å²) in [5.74, 6) is 5.47. The Kier molecular flexibility index (Phi) is 7.99. The van der Waals surface area contributed by atoms with E-state index in [2.05, 4.69) is 32.4 Å². The van der Waals surface area contributed by atoms with Crippen molar-refractivity contribution in [3.05, 3.63) is 100.0 Å². The average Bonchev–Trinajstić information content (AvgIpc) is 3.51. The molecule has 9 heteroatoms. The van der Waals surface area contributed by atoms with Gasteiger partial charge in [0.2, 0.25) is 5.91 Å². The minimum atomic E-state index is -0.533. The number of pyridine rings is 1. The number of para-hydroxylation sites is 1. The second-order valence-corrected chi connectivity index (χ2v) is 9.52. The fourth-order valence-electron chi connectivity index (χ4n) is 4.79. The van der Waals surface area contributed by atoms with Crippen LogP contribution in [0.25, 0.3) is 16.5 Å². The van der Waals surface area contributed by atoms with Crippen molar-refractivity contribution >= 4 is 22.6 Å². The largest absolute Gasteiger partial charge is 0.368 e. The second-order valence-electron chi connectivity index (χ2n) is 9.52. The van der Waals surface area contributed by atoms with Gasteiger partial charge in [-0.15, -0.1) is 0 Å². The first-order valence-electron chi connectivity index (χ1n) is 13.1. The van der Waals surface area contributed by atoms with Crippen molar-refractivity contribution in [2.45, 2.75) is 38.8 Å². The Labute approximate surface area is 231 Å². The lowest BCUT2D eigenvalue weighted by Gasteiger charge is -2.21. The molecule has 2 atom stereocenters. The minimum Gasteiger partial charge on any atom is -0.368 e. The van der Waals surface area contributed by atoms with Crippen molar-refractivity contribution in [3.8, 4) is 17.5 Å². The molecule has 2 aromatic carbocycles. The van der Waals surface area contributed by atoms with Crippen LogP contribution in [0, 0.1) is 18.8 Å². The van der Waals surface area contributed by atoms with Crippen LogP contribution in [0.1, 0.15) is 53.2 Å². The molecular formula is C31H29N5O4. The van der Waals surface area contributed by atoms with Gasteiger partial charge in [-0.1, -0.05) is 42.2 Å². The molecule has 0 spiro atoms. The van der Waals surface area contributed by atoms with Gasteiger partial charge in [-0.3, -0.25) is 23.9 Å². The van der Waals surface area contributed by atoms with Gasteiger partial charge < -0.3 is 15.4 Å². The zero-order valence-electron chi connectivity index (χ0n) is 22.3. The van der Waals surface area contributed by atoms with Crippen molar-refractivity contribution in [3.63, 3.8) is 0 Å². The summed E-state index contributed by atoms with van der Waals surface area (Å²) in [5, 5.41) is 6.90. The van der Waals surface area contributed by atoms with E-state index in [0.29, 0.717) is 46.4 Å². The molecule has 2 amide bonds. The molecule has 9 nitrogen and oxygen atoms in total. The average molecular weight is 536 g/mol. The van der Waals surface area contributed by atoms with Gasteiger partial charge in [0.25, 0.3) is 11.5 Å². The third kappa shape index (κ3) is 5.63. The number of aryl methyl sites for hydroxylation is 1. The number of benzene rings is 2. The number of fused-ring (bicyclic) bond motifs is 1. The normalized spacial score (nSPS) is 15.2. The van der Waals surface area contributed by atoms with Crippen LogP contribution in [-0.2, 0) is 9.53 Å². The molecule has 3 heterocycles. The van der Waals surface area contributed by atoms with Crippen LogP contribution in [0.3, 0.4) is 0 Å². The number of nitrogens with one attached hydrogen (secondary N) is 2. The molecule has 1 saturated heterocycles. The van der Waals surface area contributed by atoms with E-state index in [9.17, 15) is 14.4 Å². The summed E-state index contributed by atoms with van der Waals surface area (Å²) in [6.45, 7) is 4.28. The second kappa shape index (κ2) is 11.9. The SMILES string of the molecule is Cc1nccnc1C(=O)N[C@@H](C)c1cc2cccc(C#CCNC(=O)[C@H]3CCCO3)c2c(=O)n1-c1ccccc1. The topological polar surface area (TPSA) is 115 Å². The molecular weight excluding hydrogens is 506 g/mol. The fraction of sp³-hybridized carbons (Fsp3) is 0.258. The molecule has 1 aliphatic heterocycles. The number of carbonyl (C=O) groups excluding carboxylic acids is 2. The van der Waals surface area contributed by atoms with E-state index in [1.165, 1.54) is 12.4 Å². The summed E-state index contributed by atoms with van der Waals surface area (Å²) >= 11 is 0. The predicted molar refractivity (Wildman–Crippen MR) is 151 cm³/mol. The highest BCUT2D eigenvalue weighted by Gasteiger charge is 2.23. The van der Waals surface area contributed by atoms with Gasteiger partial charge in [0.05, 0.1) is 23.7 Å². The maximum absolute atomic E-state index is 14.1. The smallest absolute Gasteiger partial charge is 0.272 e. The Morgan fingerprint density at radius 3 is 2.67 bits per heavy atom. The van der Waals surface area contributed by atoms with Gasteiger partial charge in [-0.05, 0) is 56.3 Å². The predicted octanol–water partition coefficient (Wildman–Crippen LogP) is 3.23. The van der Waals surface area contributed by atoms with Crippen molar-refractivity contribution in [2.24, 2.45) is 0 Å². The van der Waals surface area contributed by atoms with Crippen LogP contribution in [0.5, 0.6) is 0 Å². The van der Waals surface area contributed by atoms with Gasteiger partial charge >= 0.3 is 0 Å². The highest BCUT2D eigenvalue weighted by Crippen LogP contribution is 2.23. The Bertz CT molecular complexity index is 1680. The lowest BCUT2D eigenvalue weighted by molar-refractivity contribution is -0.129. The molecule has 0 unspecified atom stereocenters. The summed E-state index contributed by atoms with van der Waals surface area (Å²) in [6.07, 6.45) is 4.17.